The van der Waals surface area contributed by atoms with E-state index in [0.717, 1.165) is 24.9 Å². The van der Waals surface area contributed by atoms with E-state index in [1.807, 2.05) is 6.07 Å². The molecule has 0 saturated carbocycles. The zero-order valence-corrected chi connectivity index (χ0v) is 15.1. The van der Waals surface area contributed by atoms with Gasteiger partial charge in [-0.25, -0.2) is 4.39 Å². The standard InChI is InChI=1S/C23H26FNO/c24-20-8-4-7-17(13-20)9-12-23(26)19-14-21-10-11-22(15-19)25(21)16-18-5-2-1-3-6-18/h1-8,13,19,21-22H,9-12,14-16H2. The van der Waals surface area contributed by atoms with E-state index in [1.54, 1.807) is 12.1 Å². The average Bonchev–Trinajstić information content (AvgIpc) is 2.89. The van der Waals surface area contributed by atoms with Crippen LogP contribution < -0.4 is 0 Å². The fourth-order valence-electron chi connectivity index (χ4n) is 4.75. The predicted molar refractivity (Wildman–Crippen MR) is 101 cm³/mol. The average molecular weight is 351 g/mol. The molecule has 0 aromatic heterocycles. The van der Waals surface area contributed by atoms with Gasteiger partial charge in [0, 0.05) is 31.0 Å². The van der Waals surface area contributed by atoms with Crippen LogP contribution in [0.2, 0.25) is 0 Å². The zero-order chi connectivity index (χ0) is 17.9. The number of rotatable bonds is 6. The minimum absolute atomic E-state index is 0.188. The van der Waals surface area contributed by atoms with Crippen LogP contribution in [0.25, 0.3) is 0 Å². The normalized spacial score (nSPS) is 25.3. The first-order valence-electron chi connectivity index (χ1n) is 9.76. The fourth-order valence-corrected chi connectivity index (χ4v) is 4.75. The molecule has 2 fully saturated rings. The van der Waals surface area contributed by atoms with E-state index in [0.29, 0.717) is 30.7 Å². The minimum atomic E-state index is -0.220. The van der Waals surface area contributed by atoms with Crippen molar-refractivity contribution in [3.63, 3.8) is 0 Å². The predicted octanol–water partition coefficient (Wildman–Crippen LogP) is 4.77. The number of hydrogen-bond acceptors (Lipinski definition) is 2. The molecule has 2 saturated heterocycles. The summed E-state index contributed by atoms with van der Waals surface area (Å²) in [6.07, 6.45) is 5.59. The second-order valence-electron chi connectivity index (χ2n) is 7.81. The molecule has 2 heterocycles. The third-order valence-electron chi connectivity index (χ3n) is 6.10. The smallest absolute Gasteiger partial charge is 0.136 e. The molecule has 0 aliphatic carbocycles. The van der Waals surface area contributed by atoms with Crippen molar-refractivity contribution in [1.82, 2.24) is 4.90 Å². The van der Waals surface area contributed by atoms with Crippen molar-refractivity contribution in [2.75, 3.05) is 0 Å². The second-order valence-corrected chi connectivity index (χ2v) is 7.81. The van der Waals surface area contributed by atoms with Gasteiger partial charge in [-0.15, -0.1) is 0 Å². The summed E-state index contributed by atoms with van der Waals surface area (Å²) in [4.78, 5) is 15.3. The number of benzene rings is 2. The van der Waals surface area contributed by atoms with Crippen LogP contribution >= 0.6 is 0 Å². The van der Waals surface area contributed by atoms with Gasteiger partial charge in [0.15, 0.2) is 0 Å². The maximum absolute atomic E-state index is 13.3. The van der Waals surface area contributed by atoms with Crippen molar-refractivity contribution in [3.8, 4) is 0 Å². The summed E-state index contributed by atoms with van der Waals surface area (Å²) in [6, 6.07) is 18.3. The molecule has 0 radical (unpaired) electrons. The molecular formula is C23H26FNO. The van der Waals surface area contributed by atoms with E-state index in [2.05, 4.69) is 35.2 Å². The third kappa shape index (κ3) is 3.88. The lowest BCUT2D eigenvalue weighted by molar-refractivity contribution is -0.125. The highest BCUT2D eigenvalue weighted by atomic mass is 19.1. The van der Waals surface area contributed by atoms with Crippen LogP contribution in [0.1, 0.15) is 43.2 Å². The van der Waals surface area contributed by atoms with Gasteiger partial charge in [-0.2, -0.15) is 0 Å². The van der Waals surface area contributed by atoms with E-state index in [4.69, 9.17) is 0 Å². The Labute approximate surface area is 155 Å². The first kappa shape index (κ1) is 17.4. The van der Waals surface area contributed by atoms with Gasteiger partial charge in [0.05, 0.1) is 0 Å². The number of carbonyl (C=O) groups excluding carboxylic acids is 1. The van der Waals surface area contributed by atoms with Crippen LogP contribution in [0.3, 0.4) is 0 Å². The Kier molecular flexibility index (Phi) is 5.16. The highest BCUT2D eigenvalue weighted by molar-refractivity contribution is 5.81. The van der Waals surface area contributed by atoms with Gasteiger partial charge in [-0.05, 0) is 55.4 Å². The quantitative estimate of drug-likeness (QED) is 0.747. The van der Waals surface area contributed by atoms with Crippen molar-refractivity contribution < 1.29 is 9.18 Å². The molecule has 2 unspecified atom stereocenters. The maximum atomic E-state index is 13.3. The Bertz CT molecular complexity index is 746. The SMILES string of the molecule is O=C(CCc1cccc(F)c1)C1CC2CCC(C1)N2Cc1ccccc1. The van der Waals surface area contributed by atoms with Crippen molar-refractivity contribution >= 4 is 5.78 Å². The van der Waals surface area contributed by atoms with Crippen molar-refractivity contribution in [1.29, 1.82) is 0 Å². The van der Waals surface area contributed by atoms with Crippen molar-refractivity contribution in [2.24, 2.45) is 5.92 Å². The van der Waals surface area contributed by atoms with Gasteiger partial charge in [0.2, 0.25) is 0 Å². The summed E-state index contributed by atoms with van der Waals surface area (Å²) < 4.78 is 13.3. The molecule has 2 nitrogen and oxygen atoms in total. The molecule has 2 aliphatic heterocycles. The second kappa shape index (κ2) is 7.71. The van der Waals surface area contributed by atoms with Crippen molar-refractivity contribution in [3.05, 3.63) is 71.5 Å². The Morgan fingerprint density at radius 1 is 0.962 bits per heavy atom. The lowest BCUT2D eigenvalue weighted by Gasteiger charge is -2.38. The summed E-state index contributed by atoms with van der Waals surface area (Å²) in [5.41, 5.74) is 2.28. The lowest BCUT2D eigenvalue weighted by atomic mass is 9.85. The van der Waals surface area contributed by atoms with Gasteiger partial charge in [-0.1, -0.05) is 42.5 Å². The summed E-state index contributed by atoms with van der Waals surface area (Å²) in [5, 5.41) is 0. The number of Topliss-reactive ketones (excluding diaryl/α,β-unsaturated/α-hetero) is 1. The summed E-state index contributed by atoms with van der Waals surface area (Å²) in [5.74, 6) is 0.334. The number of aryl methyl sites for hydroxylation is 1. The van der Waals surface area contributed by atoms with Crippen LogP contribution in [0.4, 0.5) is 4.39 Å². The summed E-state index contributed by atoms with van der Waals surface area (Å²) in [6.45, 7) is 1.00. The van der Waals surface area contributed by atoms with Crippen molar-refractivity contribution in [2.45, 2.75) is 57.2 Å². The molecule has 2 atom stereocenters. The molecule has 2 aromatic carbocycles. The molecule has 0 N–H and O–H groups in total. The Morgan fingerprint density at radius 3 is 2.35 bits per heavy atom. The number of fused-ring (bicyclic) bond motifs is 2. The first-order valence-corrected chi connectivity index (χ1v) is 9.76. The van der Waals surface area contributed by atoms with E-state index in [-0.39, 0.29) is 11.7 Å². The van der Waals surface area contributed by atoms with Gasteiger partial charge < -0.3 is 0 Å². The molecule has 3 heteroatoms. The molecule has 2 bridgehead atoms. The minimum Gasteiger partial charge on any atom is -0.299 e. The molecule has 0 spiro atoms. The molecule has 2 aliphatic rings. The Balaban J connectivity index is 1.34. The van der Waals surface area contributed by atoms with Crippen LogP contribution in [0.5, 0.6) is 0 Å². The largest absolute Gasteiger partial charge is 0.299 e. The number of halogens is 1. The molecule has 0 amide bonds. The van der Waals surface area contributed by atoms with Gasteiger partial charge in [-0.3, -0.25) is 9.69 Å². The maximum Gasteiger partial charge on any atom is 0.136 e. The van der Waals surface area contributed by atoms with Crippen LogP contribution in [0, 0.1) is 11.7 Å². The number of ketones is 1. The fraction of sp³-hybridized carbons (Fsp3) is 0.435. The topological polar surface area (TPSA) is 20.3 Å². The molecule has 2 aromatic rings. The number of carbonyl (C=O) groups is 1. The van der Waals surface area contributed by atoms with Crippen LogP contribution in [-0.2, 0) is 17.8 Å². The number of hydrogen-bond donors (Lipinski definition) is 0. The van der Waals surface area contributed by atoms with Gasteiger partial charge >= 0.3 is 0 Å². The van der Waals surface area contributed by atoms with E-state index in [9.17, 15) is 9.18 Å². The summed E-state index contributed by atoms with van der Waals surface area (Å²) in [7, 11) is 0. The van der Waals surface area contributed by atoms with Crippen LogP contribution in [-0.4, -0.2) is 22.8 Å². The van der Waals surface area contributed by atoms with E-state index >= 15 is 0 Å². The first-order chi connectivity index (χ1) is 12.7. The Morgan fingerprint density at radius 2 is 1.65 bits per heavy atom. The highest BCUT2D eigenvalue weighted by Gasteiger charge is 2.42. The number of nitrogens with zero attached hydrogens (tertiary/aromatic N) is 1. The Hall–Kier alpha value is -2.00. The lowest BCUT2D eigenvalue weighted by Crippen LogP contribution is -2.44. The third-order valence-corrected chi connectivity index (χ3v) is 6.10. The monoisotopic (exact) mass is 351 g/mol. The summed E-state index contributed by atoms with van der Waals surface area (Å²) >= 11 is 0. The van der Waals surface area contributed by atoms with Gasteiger partial charge in [0.25, 0.3) is 0 Å². The highest BCUT2D eigenvalue weighted by Crippen LogP contribution is 2.40. The molecule has 136 valence electrons. The molecule has 4 rings (SSSR count). The zero-order valence-electron chi connectivity index (χ0n) is 15.1. The number of piperidine rings is 1. The molecule has 26 heavy (non-hydrogen) atoms. The van der Waals surface area contributed by atoms with E-state index < -0.39 is 0 Å². The van der Waals surface area contributed by atoms with E-state index in [1.165, 1.54) is 24.5 Å². The van der Waals surface area contributed by atoms with Crippen LogP contribution in [0.15, 0.2) is 54.6 Å². The van der Waals surface area contributed by atoms with Gasteiger partial charge in [0.1, 0.15) is 11.6 Å². The molecular weight excluding hydrogens is 325 g/mol.